The number of hydrogen-bond donors (Lipinski definition) is 3. The number of hydrogen-bond acceptors (Lipinski definition) is 3. The minimum Gasteiger partial charge on any atom is -0.480 e. The van der Waals surface area contributed by atoms with Crippen LogP contribution < -0.4 is 11.1 Å². The Morgan fingerprint density at radius 3 is 2.53 bits per heavy atom. The molecular weight excluding hydrogens is 196 g/mol. The number of nitrogens with two attached hydrogens (primary N) is 1. The fourth-order valence-electron chi connectivity index (χ4n) is 1.24. The van der Waals surface area contributed by atoms with Crippen LogP contribution in [0, 0.1) is 0 Å². The molecule has 0 radical (unpaired) electrons. The van der Waals surface area contributed by atoms with Crippen LogP contribution in [-0.2, 0) is 9.59 Å². The molecule has 0 spiro atoms. The zero-order valence-electron chi connectivity index (χ0n) is 9.16. The second-order valence-corrected chi connectivity index (χ2v) is 3.49. The number of carboxylic acid groups (broad SMARTS) is 1. The van der Waals surface area contributed by atoms with Crippen molar-refractivity contribution < 1.29 is 14.7 Å². The van der Waals surface area contributed by atoms with Gasteiger partial charge in [-0.1, -0.05) is 6.92 Å². The number of aliphatic carboxylic acids is 1. The third-order valence-electron chi connectivity index (χ3n) is 2.06. The molecule has 5 heteroatoms. The maximum absolute atomic E-state index is 11.2. The van der Waals surface area contributed by atoms with Gasteiger partial charge < -0.3 is 16.2 Å². The Morgan fingerprint density at radius 1 is 1.40 bits per heavy atom. The van der Waals surface area contributed by atoms with Crippen LogP contribution in [0.15, 0.2) is 0 Å². The molecular formula is C10H20N2O3. The van der Waals surface area contributed by atoms with E-state index < -0.39 is 12.0 Å². The molecule has 15 heavy (non-hydrogen) atoms. The minimum atomic E-state index is -0.975. The van der Waals surface area contributed by atoms with Crippen LogP contribution in [0.4, 0.5) is 0 Å². The first-order chi connectivity index (χ1) is 7.11. The Bertz CT molecular complexity index is 207. The number of carboxylic acids is 1. The van der Waals surface area contributed by atoms with Crippen LogP contribution in [0.25, 0.3) is 0 Å². The molecule has 0 heterocycles. The molecule has 0 aromatic heterocycles. The Balaban J connectivity index is 3.93. The van der Waals surface area contributed by atoms with Crippen molar-refractivity contribution in [3.05, 3.63) is 0 Å². The monoisotopic (exact) mass is 216 g/mol. The van der Waals surface area contributed by atoms with Crippen molar-refractivity contribution in [1.29, 1.82) is 0 Å². The smallest absolute Gasteiger partial charge is 0.326 e. The third kappa shape index (κ3) is 6.90. The first-order valence-corrected chi connectivity index (χ1v) is 5.34. The lowest BCUT2D eigenvalue weighted by molar-refractivity contribution is -0.142. The largest absolute Gasteiger partial charge is 0.480 e. The number of carbonyl (C=O) groups excluding carboxylic acids is 1. The zero-order chi connectivity index (χ0) is 11.7. The molecule has 0 bridgehead atoms. The van der Waals surface area contributed by atoms with Crippen molar-refractivity contribution in [2.24, 2.45) is 5.73 Å². The van der Waals surface area contributed by atoms with Crippen molar-refractivity contribution in [2.45, 2.75) is 45.1 Å². The van der Waals surface area contributed by atoms with E-state index >= 15 is 0 Å². The van der Waals surface area contributed by atoms with Crippen LogP contribution >= 0.6 is 0 Å². The number of carbonyl (C=O) groups is 2. The summed E-state index contributed by atoms with van der Waals surface area (Å²) in [5.74, 6) is -1.17. The van der Waals surface area contributed by atoms with Gasteiger partial charge in [-0.3, -0.25) is 4.79 Å². The fraction of sp³-hybridized carbons (Fsp3) is 0.800. The van der Waals surface area contributed by atoms with Crippen LogP contribution in [0.2, 0.25) is 0 Å². The zero-order valence-corrected chi connectivity index (χ0v) is 9.16. The van der Waals surface area contributed by atoms with E-state index in [2.05, 4.69) is 5.32 Å². The highest BCUT2D eigenvalue weighted by molar-refractivity contribution is 5.83. The average molecular weight is 216 g/mol. The van der Waals surface area contributed by atoms with E-state index in [1.807, 2.05) is 6.92 Å². The van der Waals surface area contributed by atoms with E-state index in [1.54, 1.807) is 0 Å². The summed E-state index contributed by atoms with van der Waals surface area (Å²) in [4.78, 5) is 22.0. The van der Waals surface area contributed by atoms with Gasteiger partial charge in [-0.15, -0.1) is 0 Å². The summed E-state index contributed by atoms with van der Waals surface area (Å²) in [6.07, 6.45) is 3.05. The molecule has 88 valence electrons. The van der Waals surface area contributed by atoms with Gasteiger partial charge in [0.25, 0.3) is 0 Å². The molecule has 5 nitrogen and oxygen atoms in total. The minimum absolute atomic E-state index is 0.197. The van der Waals surface area contributed by atoms with Crippen LogP contribution in [0.3, 0.4) is 0 Å². The Labute approximate surface area is 90.0 Å². The Kier molecular flexibility index (Phi) is 7.62. The molecule has 0 aliphatic carbocycles. The lowest BCUT2D eigenvalue weighted by Gasteiger charge is -2.13. The van der Waals surface area contributed by atoms with E-state index in [-0.39, 0.29) is 5.91 Å². The first kappa shape index (κ1) is 13.9. The van der Waals surface area contributed by atoms with Gasteiger partial charge in [0.15, 0.2) is 0 Å². The Hall–Kier alpha value is -1.10. The maximum Gasteiger partial charge on any atom is 0.326 e. The van der Waals surface area contributed by atoms with Crippen molar-refractivity contribution >= 4 is 11.9 Å². The fourth-order valence-corrected chi connectivity index (χ4v) is 1.24. The normalized spacial score (nSPS) is 12.1. The van der Waals surface area contributed by atoms with E-state index in [0.717, 1.165) is 19.3 Å². The molecule has 0 unspecified atom stereocenters. The van der Waals surface area contributed by atoms with Gasteiger partial charge in [-0.05, 0) is 32.2 Å². The van der Waals surface area contributed by atoms with Gasteiger partial charge in [0.1, 0.15) is 6.04 Å². The molecule has 1 amide bonds. The highest BCUT2D eigenvalue weighted by atomic mass is 16.4. The molecule has 0 aliphatic rings. The summed E-state index contributed by atoms with van der Waals surface area (Å²) in [6.45, 7) is 2.43. The number of nitrogens with one attached hydrogen (secondary N) is 1. The summed E-state index contributed by atoms with van der Waals surface area (Å²) in [7, 11) is 0. The molecule has 0 saturated heterocycles. The number of rotatable bonds is 8. The van der Waals surface area contributed by atoms with E-state index in [9.17, 15) is 9.59 Å². The molecule has 0 aromatic rings. The highest BCUT2D eigenvalue weighted by Gasteiger charge is 2.18. The summed E-state index contributed by atoms with van der Waals surface area (Å²) in [5.41, 5.74) is 5.31. The molecule has 0 aromatic carbocycles. The molecule has 1 atom stereocenters. The van der Waals surface area contributed by atoms with E-state index in [1.165, 1.54) is 0 Å². The van der Waals surface area contributed by atoms with Crippen molar-refractivity contribution in [2.75, 3.05) is 6.54 Å². The second-order valence-electron chi connectivity index (χ2n) is 3.49. The topological polar surface area (TPSA) is 92.4 Å². The summed E-state index contributed by atoms with van der Waals surface area (Å²) in [5, 5.41) is 11.3. The van der Waals surface area contributed by atoms with Crippen molar-refractivity contribution in [3.8, 4) is 0 Å². The molecule has 0 rings (SSSR count). The van der Waals surface area contributed by atoms with Gasteiger partial charge in [0.2, 0.25) is 5.91 Å². The lowest BCUT2D eigenvalue weighted by atomic mass is 10.1. The van der Waals surface area contributed by atoms with E-state index in [0.29, 0.717) is 19.4 Å². The molecule has 0 saturated carbocycles. The van der Waals surface area contributed by atoms with Crippen molar-refractivity contribution in [1.82, 2.24) is 5.32 Å². The first-order valence-electron chi connectivity index (χ1n) is 5.34. The van der Waals surface area contributed by atoms with Gasteiger partial charge in [-0.2, -0.15) is 0 Å². The van der Waals surface area contributed by atoms with Crippen LogP contribution in [-0.4, -0.2) is 29.6 Å². The molecule has 4 N–H and O–H groups in total. The number of unbranched alkanes of at least 4 members (excludes halogenated alkanes) is 1. The van der Waals surface area contributed by atoms with E-state index in [4.69, 9.17) is 10.8 Å². The molecule has 0 aliphatic heterocycles. The highest BCUT2D eigenvalue weighted by Crippen LogP contribution is 2.01. The van der Waals surface area contributed by atoms with Gasteiger partial charge >= 0.3 is 5.97 Å². The summed E-state index contributed by atoms with van der Waals surface area (Å²) < 4.78 is 0. The quantitative estimate of drug-likeness (QED) is 0.515. The summed E-state index contributed by atoms with van der Waals surface area (Å²) >= 11 is 0. The third-order valence-corrected chi connectivity index (χ3v) is 2.06. The van der Waals surface area contributed by atoms with Crippen LogP contribution in [0.1, 0.15) is 39.0 Å². The van der Waals surface area contributed by atoms with Crippen molar-refractivity contribution in [3.63, 3.8) is 0 Å². The van der Waals surface area contributed by atoms with Gasteiger partial charge in [0, 0.05) is 6.42 Å². The second kappa shape index (κ2) is 8.23. The average Bonchev–Trinajstić information content (AvgIpc) is 2.16. The Morgan fingerprint density at radius 2 is 2.07 bits per heavy atom. The summed E-state index contributed by atoms with van der Waals surface area (Å²) in [6, 6.07) is -0.768. The number of amides is 1. The van der Waals surface area contributed by atoms with Gasteiger partial charge in [0.05, 0.1) is 0 Å². The van der Waals surface area contributed by atoms with Gasteiger partial charge in [-0.25, -0.2) is 4.79 Å². The maximum atomic E-state index is 11.2. The molecule has 0 fully saturated rings. The lowest BCUT2D eigenvalue weighted by Crippen LogP contribution is -2.40. The van der Waals surface area contributed by atoms with Crippen LogP contribution in [0.5, 0.6) is 0 Å². The predicted octanol–water partition coefficient (Wildman–Crippen LogP) is 0.485. The predicted molar refractivity (Wildman–Crippen MR) is 57.4 cm³/mol. The SMILES string of the molecule is CCCC(=O)N[C@@H](CCCCN)C(=O)O. The standard InChI is InChI=1S/C10H20N2O3/c1-2-5-9(13)12-8(10(14)15)6-3-4-7-11/h8H,2-7,11H2,1H3,(H,12,13)(H,14,15)/t8-/m0/s1.